The van der Waals surface area contributed by atoms with Gasteiger partial charge in [-0.2, -0.15) is 0 Å². The van der Waals surface area contributed by atoms with Crippen LogP contribution in [0.5, 0.6) is 0 Å². The Morgan fingerprint density at radius 3 is 2.46 bits per heavy atom. The van der Waals surface area contributed by atoms with Gasteiger partial charge in [-0.05, 0) is 48.5 Å². The van der Waals surface area contributed by atoms with Gasteiger partial charge in [-0.15, -0.1) is 0 Å². The minimum Gasteiger partial charge on any atom is -0.467 e. The lowest BCUT2D eigenvalue weighted by molar-refractivity contribution is -0.114. The first-order valence-electron chi connectivity index (χ1n) is 8.41. The lowest BCUT2D eigenvalue weighted by atomic mass is 10.2. The second kappa shape index (κ2) is 9.30. The van der Waals surface area contributed by atoms with E-state index in [0.717, 1.165) is 0 Å². The summed E-state index contributed by atoms with van der Waals surface area (Å²) in [5.41, 5.74) is 1.63. The van der Waals surface area contributed by atoms with E-state index in [-0.39, 0.29) is 18.4 Å². The first-order chi connectivity index (χ1) is 13.5. The average Bonchev–Trinajstić information content (AvgIpc) is 3.21. The fraction of sp³-hybridized carbons (Fsp3) is 0.100. The summed E-state index contributed by atoms with van der Waals surface area (Å²) < 4.78 is 5.17. The maximum atomic E-state index is 12.1. The molecule has 0 atom stereocenters. The Balaban J connectivity index is 1.49. The zero-order valence-electron chi connectivity index (χ0n) is 14.7. The molecular weight excluding hydrogens is 401 g/mol. The van der Waals surface area contributed by atoms with Crippen molar-refractivity contribution >= 4 is 46.4 Å². The third kappa shape index (κ3) is 5.28. The van der Waals surface area contributed by atoms with Gasteiger partial charge < -0.3 is 20.4 Å². The number of carbonyl (C=O) groups is 2. The number of hydrogen-bond acceptors (Lipinski definition) is 4. The molecule has 8 heteroatoms. The Labute approximate surface area is 171 Å². The molecule has 0 saturated heterocycles. The van der Waals surface area contributed by atoms with E-state index >= 15 is 0 Å². The predicted molar refractivity (Wildman–Crippen MR) is 110 cm³/mol. The van der Waals surface area contributed by atoms with Crippen molar-refractivity contribution in [3.8, 4) is 0 Å². The molecule has 0 bridgehead atoms. The summed E-state index contributed by atoms with van der Waals surface area (Å²) in [7, 11) is 0. The van der Waals surface area contributed by atoms with Gasteiger partial charge in [-0.1, -0.05) is 29.3 Å². The van der Waals surface area contributed by atoms with E-state index in [0.29, 0.717) is 39.3 Å². The summed E-state index contributed by atoms with van der Waals surface area (Å²) in [6, 6.07) is 15.3. The molecule has 0 saturated carbocycles. The van der Waals surface area contributed by atoms with Crippen molar-refractivity contribution in [3.05, 3.63) is 82.2 Å². The number of halogens is 2. The molecule has 144 valence electrons. The van der Waals surface area contributed by atoms with Gasteiger partial charge in [-0.25, -0.2) is 0 Å². The van der Waals surface area contributed by atoms with Crippen LogP contribution in [0.1, 0.15) is 16.1 Å². The molecule has 3 N–H and O–H groups in total. The summed E-state index contributed by atoms with van der Waals surface area (Å²) in [6.07, 6.45) is 1.55. The van der Waals surface area contributed by atoms with Crippen LogP contribution in [0.3, 0.4) is 0 Å². The van der Waals surface area contributed by atoms with Gasteiger partial charge in [0.15, 0.2) is 0 Å². The van der Waals surface area contributed by atoms with E-state index in [1.165, 1.54) is 0 Å². The Bertz CT molecular complexity index is 957. The highest BCUT2D eigenvalue weighted by Crippen LogP contribution is 2.29. The van der Waals surface area contributed by atoms with Gasteiger partial charge in [0.05, 0.1) is 35.1 Å². The topological polar surface area (TPSA) is 83.4 Å². The van der Waals surface area contributed by atoms with Crippen LogP contribution in [-0.4, -0.2) is 18.4 Å². The molecule has 0 fully saturated rings. The Kier molecular flexibility index (Phi) is 6.57. The van der Waals surface area contributed by atoms with Crippen LogP contribution in [0.25, 0.3) is 0 Å². The van der Waals surface area contributed by atoms with Crippen molar-refractivity contribution in [1.29, 1.82) is 0 Å². The molecule has 0 aliphatic carbocycles. The van der Waals surface area contributed by atoms with E-state index in [2.05, 4.69) is 16.0 Å². The van der Waals surface area contributed by atoms with Crippen LogP contribution in [0.2, 0.25) is 10.0 Å². The summed E-state index contributed by atoms with van der Waals surface area (Å²) in [5, 5.41) is 9.20. The minimum absolute atomic E-state index is 0.0193. The number of anilines is 2. The number of nitrogens with one attached hydrogen (secondary N) is 3. The van der Waals surface area contributed by atoms with E-state index in [1.807, 2.05) is 0 Å². The molecule has 1 heterocycles. The van der Waals surface area contributed by atoms with Gasteiger partial charge in [0, 0.05) is 11.3 Å². The molecular formula is C20H17Cl2N3O3. The lowest BCUT2D eigenvalue weighted by Gasteiger charge is -2.10. The fourth-order valence-electron chi connectivity index (χ4n) is 2.41. The largest absolute Gasteiger partial charge is 0.467 e. The van der Waals surface area contributed by atoms with Crippen molar-refractivity contribution in [2.45, 2.75) is 6.54 Å². The number of rotatable bonds is 7. The number of carbonyl (C=O) groups excluding carboxylic acids is 2. The lowest BCUT2D eigenvalue weighted by Crippen LogP contribution is -2.23. The van der Waals surface area contributed by atoms with Gasteiger partial charge >= 0.3 is 0 Å². The van der Waals surface area contributed by atoms with Crippen molar-refractivity contribution in [2.24, 2.45) is 0 Å². The van der Waals surface area contributed by atoms with Crippen LogP contribution in [0.4, 0.5) is 11.4 Å². The van der Waals surface area contributed by atoms with Crippen molar-refractivity contribution in [3.63, 3.8) is 0 Å². The van der Waals surface area contributed by atoms with E-state index < -0.39 is 0 Å². The van der Waals surface area contributed by atoms with E-state index in [4.69, 9.17) is 27.6 Å². The second-order valence-electron chi connectivity index (χ2n) is 5.84. The monoisotopic (exact) mass is 417 g/mol. The molecule has 3 aromatic rings. The quantitative estimate of drug-likeness (QED) is 0.525. The van der Waals surface area contributed by atoms with Crippen LogP contribution < -0.4 is 16.0 Å². The fourth-order valence-corrected chi connectivity index (χ4v) is 2.78. The first kappa shape index (κ1) is 19.8. The normalized spacial score (nSPS) is 10.4. The Hall–Kier alpha value is -2.96. The van der Waals surface area contributed by atoms with Crippen molar-refractivity contribution in [1.82, 2.24) is 5.32 Å². The molecule has 0 radical (unpaired) electrons. The number of benzene rings is 2. The van der Waals surface area contributed by atoms with Gasteiger partial charge in [-0.3, -0.25) is 9.59 Å². The first-order valence-corrected chi connectivity index (χ1v) is 9.17. The van der Waals surface area contributed by atoms with Crippen molar-refractivity contribution < 1.29 is 14.0 Å². The highest BCUT2D eigenvalue weighted by atomic mass is 35.5. The standard InChI is InChI=1S/C20H17Cl2N3O3/c21-16-4-1-5-17(19(16)22)23-12-18(26)25-14-8-6-13(7-9-14)20(27)24-11-15-3-2-10-28-15/h1-10,23H,11-12H2,(H,24,27)(H,25,26). The molecule has 1 aromatic heterocycles. The zero-order chi connectivity index (χ0) is 19.9. The third-order valence-corrected chi connectivity index (χ3v) is 4.64. The van der Waals surface area contributed by atoms with Crippen LogP contribution in [0.15, 0.2) is 65.3 Å². The molecule has 6 nitrogen and oxygen atoms in total. The third-order valence-electron chi connectivity index (χ3n) is 3.83. The van der Waals surface area contributed by atoms with Crippen LogP contribution in [-0.2, 0) is 11.3 Å². The zero-order valence-corrected chi connectivity index (χ0v) is 16.2. The molecule has 0 unspecified atom stereocenters. The number of furan rings is 1. The second-order valence-corrected chi connectivity index (χ2v) is 6.63. The smallest absolute Gasteiger partial charge is 0.251 e. The molecule has 0 aliphatic heterocycles. The SMILES string of the molecule is O=C(CNc1cccc(Cl)c1Cl)Nc1ccc(C(=O)NCc2ccco2)cc1. The highest BCUT2D eigenvalue weighted by Gasteiger charge is 2.09. The van der Waals surface area contributed by atoms with Crippen LogP contribution >= 0.6 is 23.2 Å². The maximum Gasteiger partial charge on any atom is 0.251 e. The number of amides is 2. The molecule has 0 spiro atoms. The molecule has 2 aromatic carbocycles. The predicted octanol–water partition coefficient (Wildman–Crippen LogP) is 4.57. The molecule has 2 amide bonds. The Morgan fingerprint density at radius 1 is 0.964 bits per heavy atom. The summed E-state index contributed by atoms with van der Waals surface area (Å²) in [5.74, 6) is 0.183. The summed E-state index contributed by atoms with van der Waals surface area (Å²) in [4.78, 5) is 24.2. The van der Waals surface area contributed by atoms with E-state index in [9.17, 15) is 9.59 Å². The van der Waals surface area contributed by atoms with Gasteiger partial charge in [0.25, 0.3) is 5.91 Å². The highest BCUT2D eigenvalue weighted by molar-refractivity contribution is 6.43. The van der Waals surface area contributed by atoms with Gasteiger partial charge in [0.2, 0.25) is 5.91 Å². The molecule has 3 rings (SSSR count). The summed E-state index contributed by atoms with van der Waals surface area (Å²) in [6.45, 7) is 0.327. The average molecular weight is 418 g/mol. The maximum absolute atomic E-state index is 12.1. The van der Waals surface area contributed by atoms with Crippen LogP contribution in [0, 0.1) is 0 Å². The van der Waals surface area contributed by atoms with E-state index in [1.54, 1.807) is 60.9 Å². The Morgan fingerprint density at radius 2 is 1.75 bits per heavy atom. The minimum atomic E-state index is -0.258. The van der Waals surface area contributed by atoms with Gasteiger partial charge in [0.1, 0.15) is 5.76 Å². The number of hydrogen-bond donors (Lipinski definition) is 3. The summed E-state index contributed by atoms with van der Waals surface area (Å²) >= 11 is 12.0. The molecule has 0 aliphatic rings. The molecule has 28 heavy (non-hydrogen) atoms. The van der Waals surface area contributed by atoms with Crippen molar-refractivity contribution in [2.75, 3.05) is 17.2 Å².